The van der Waals surface area contributed by atoms with Crippen LogP contribution < -0.4 is 16.4 Å². The number of carbonyl (C=O) groups is 5. The highest BCUT2D eigenvalue weighted by Crippen LogP contribution is 2.18. The van der Waals surface area contributed by atoms with E-state index in [1.165, 1.54) is 6.92 Å². The molecule has 0 heterocycles. The number of carboxylic acid groups (broad SMARTS) is 1. The van der Waals surface area contributed by atoms with Crippen molar-refractivity contribution in [2.45, 2.75) is 46.1 Å². The summed E-state index contributed by atoms with van der Waals surface area (Å²) in [5.74, 6) is -2.89. The SMILES string of the molecule is CC(=O)SCC(CC(C)C)C(=O)NCC(=O)N[C@@H](CCC(N)=O)C(=O)O. The Bertz CT molecular complexity index is 538. The molecular weight excluding hydrogens is 362 g/mol. The van der Waals surface area contributed by atoms with Gasteiger partial charge in [0.1, 0.15) is 6.04 Å². The molecule has 2 atom stereocenters. The molecule has 0 bridgehead atoms. The molecule has 0 saturated carbocycles. The number of hydrogen-bond acceptors (Lipinski definition) is 6. The number of thioether (sulfide) groups is 1. The molecule has 10 heteroatoms. The van der Waals surface area contributed by atoms with Gasteiger partial charge in [0.2, 0.25) is 17.7 Å². The van der Waals surface area contributed by atoms with Crippen LogP contribution in [0.25, 0.3) is 0 Å². The maximum absolute atomic E-state index is 12.2. The molecule has 3 amide bonds. The van der Waals surface area contributed by atoms with Gasteiger partial charge in [-0.1, -0.05) is 25.6 Å². The number of nitrogens with one attached hydrogen (secondary N) is 2. The van der Waals surface area contributed by atoms with Gasteiger partial charge in [0.05, 0.1) is 6.54 Å². The number of hydrogen-bond donors (Lipinski definition) is 4. The van der Waals surface area contributed by atoms with Crippen LogP contribution in [0.1, 0.15) is 40.0 Å². The van der Waals surface area contributed by atoms with Gasteiger partial charge in [-0.2, -0.15) is 0 Å². The molecule has 0 aliphatic heterocycles. The van der Waals surface area contributed by atoms with Crippen molar-refractivity contribution < 1.29 is 29.1 Å². The fourth-order valence-electron chi connectivity index (χ4n) is 2.14. The summed E-state index contributed by atoms with van der Waals surface area (Å²) in [6.07, 6.45) is 0.252. The van der Waals surface area contributed by atoms with E-state index < -0.39 is 36.3 Å². The van der Waals surface area contributed by atoms with Gasteiger partial charge in [0, 0.05) is 25.0 Å². The lowest BCUT2D eigenvalue weighted by atomic mass is 9.98. The van der Waals surface area contributed by atoms with Crippen molar-refractivity contribution >= 4 is 40.6 Å². The lowest BCUT2D eigenvalue weighted by Crippen LogP contribution is -2.47. The molecule has 0 fully saturated rings. The van der Waals surface area contributed by atoms with Crippen molar-refractivity contribution in [2.24, 2.45) is 17.6 Å². The molecule has 0 spiro atoms. The quantitative estimate of drug-likeness (QED) is 0.362. The minimum Gasteiger partial charge on any atom is -0.480 e. The van der Waals surface area contributed by atoms with Crippen molar-refractivity contribution in [3.63, 3.8) is 0 Å². The van der Waals surface area contributed by atoms with Crippen LogP contribution >= 0.6 is 11.8 Å². The molecule has 0 aliphatic rings. The first-order chi connectivity index (χ1) is 12.0. The summed E-state index contributed by atoms with van der Waals surface area (Å²) >= 11 is 1.05. The summed E-state index contributed by atoms with van der Waals surface area (Å²) in [7, 11) is 0. The molecule has 26 heavy (non-hydrogen) atoms. The van der Waals surface area contributed by atoms with Crippen molar-refractivity contribution in [3.8, 4) is 0 Å². The summed E-state index contributed by atoms with van der Waals surface area (Å²) in [6, 6.07) is -1.26. The summed E-state index contributed by atoms with van der Waals surface area (Å²) in [4.78, 5) is 57.0. The fourth-order valence-corrected chi connectivity index (χ4v) is 2.86. The Morgan fingerprint density at radius 1 is 1.15 bits per heavy atom. The average molecular weight is 389 g/mol. The molecule has 0 aromatic heterocycles. The van der Waals surface area contributed by atoms with E-state index in [1.54, 1.807) is 0 Å². The number of carbonyl (C=O) groups excluding carboxylic acids is 4. The van der Waals surface area contributed by atoms with Crippen molar-refractivity contribution in [2.75, 3.05) is 12.3 Å². The zero-order valence-electron chi connectivity index (χ0n) is 15.2. The fraction of sp³-hybridized carbons (Fsp3) is 0.688. The van der Waals surface area contributed by atoms with Crippen LogP contribution in [0.5, 0.6) is 0 Å². The molecule has 0 aromatic carbocycles. The predicted molar refractivity (Wildman–Crippen MR) is 97.1 cm³/mol. The maximum atomic E-state index is 12.2. The summed E-state index contributed by atoms with van der Waals surface area (Å²) in [5.41, 5.74) is 4.97. The molecule has 0 aliphatic carbocycles. The first-order valence-corrected chi connectivity index (χ1v) is 9.23. The summed E-state index contributed by atoms with van der Waals surface area (Å²) in [5, 5.41) is 13.6. The van der Waals surface area contributed by atoms with Gasteiger partial charge in [-0.15, -0.1) is 0 Å². The van der Waals surface area contributed by atoms with Gasteiger partial charge in [-0.3, -0.25) is 19.2 Å². The van der Waals surface area contributed by atoms with Gasteiger partial charge < -0.3 is 21.5 Å². The lowest BCUT2D eigenvalue weighted by molar-refractivity contribution is -0.142. The Morgan fingerprint density at radius 3 is 2.23 bits per heavy atom. The number of nitrogens with two attached hydrogens (primary N) is 1. The van der Waals surface area contributed by atoms with Crippen molar-refractivity contribution in [1.29, 1.82) is 0 Å². The van der Waals surface area contributed by atoms with Gasteiger partial charge in [0.25, 0.3) is 0 Å². The largest absolute Gasteiger partial charge is 0.480 e. The van der Waals surface area contributed by atoms with E-state index in [1.807, 2.05) is 13.8 Å². The highest BCUT2D eigenvalue weighted by molar-refractivity contribution is 8.13. The smallest absolute Gasteiger partial charge is 0.326 e. The van der Waals surface area contributed by atoms with Crippen LogP contribution in [0, 0.1) is 11.8 Å². The lowest BCUT2D eigenvalue weighted by Gasteiger charge is -2.18. The van der Waals surface area contributed by atoms with Crippen LogP contribution in [0.15, 0.2) is 0 Å². The monoisotopic (exact) mass is 389 g/mol. The minimum atomic E-state index is -1.29. The van der Waals surface area contributed by atoms with Gasteiger partial charge >= 0.3 is 5.97 Å². The topological polar surface area (TPSA) is 156 Å². The third kappa shape index (κ3) is 11.5. The second-order valence-corrected chi connectivity index (χ2v) is 7.51. The van der Waals surface area contributed by atoms with Crippen molar-refractivity contribution in [1.82, 2.24) is 10.6 Å². The molecule has 0 aromatic rings. The maximum Gasteiger partial charge on any atom is 0.326 e. The Balaban J connectivity index is 4.57. The normalized spacial score (nSPS) is 12.9. The predicted octanol–water partition coefficient (Wildman–Crippen LogP) is -0.120. The zero-order valence-corrected chi connectivity index (χ0v) is 16.1. The molecule has 0 rings (SSSR count). The molecule has 9 nitrogen and oxygen atoms in total. The third-order valence-electron chi connectivity index (χ3n) is 3.35. The molecular formula is C16H27N3O6S. The summed E-state index contributed by atoms with van der Waals surface area (Å²) < 4.78 is 0. The average Bonchev–Trinajstić information content (AvgIpc) is 2.51. The van der Waals surface area contributed by atoms with E-state index in [0.717, 1.165) is 11.8 Å². The molecule has 0 saturated heterocycles. The van der Waals surface area contributed by atoms with E-state index in [-0.39, 0.29) is 29.8 Å². The Kier molecular flexibility index (Phi) is 11.3. The van der Waals surface area contributed by atoms with Crippen LogP contribution in [0.3, 0.4) is 0 Å². The van der Waals surface area contributed by atoms with Gasteiger partial charge in [-0.25, -0.2) is 4.79 Å². The molecule has 1 unspecified atom stereocenters. The highest BCUT2D eigenvalue weighted by Gasteiger charge is 2.23. The van der Waals surface area contributed by atoms with Crippen LogP contribution in [-0.2, 0) is 24.0 Å². The van der Waals surface area contributed by atoms with Crippen LogP contribution in [0.2, 0.25) is 0 Å². The Morgan fingerprint density at radius 2 is 1.77 bits per heavy atom. The molecule has 0 radical (unpaired) electrons. The minimum absolute atomic E-state index is 0.0944. The number of carboxylic acids is 1. The van der Waals surface area contributed by atoms with Crippen LogP contribution in [0.4, 0.5) is 0 Å². The molecule has 5 N–H and O–H groups in total. The van der Waals surface area contributed by atoms with Gasteiger partial charge in [0.15, 0.2) is 5.12 Å². The number of amides is 3. The van der Waals surface area contributed by atoms with Crippen molar-refractivity contribution in [3.05, 3.63) is 0 Å². The third-order valence-corrected chi connectivity index (χ3v) is 4.33. The van der Waals surface area contributed by atoms with E-state index >= 15 is 0 Å². The highest BCUT2D eigenvalue weighted by atomic mass is 32.2. The van der Waals surface area contributed by atoms with Gasteiger partial charge in [-0.05, 0) is 18.8 Å². The second kappa shape index (κ2) is 12.3. The number of primary amides is 1. The van der Waals surface area contributed by atoms with E-state index in [9.17, 15) is 24.0 Å². The van der Waals surface area contributed by atoms with E-state index in [4.69, 9.17) is 10.8 Å². The zero-order chi connectivity index (χ0) is 20.3. The first kappa shape index (κ1) is 23.9. The molecule has 148 valence electrons. The first-order valence-electron chi connectivity index (χ1n) is 8.24. The summed E-state index contributed by atoms with van der Waals surface area (Å²) in [6.45, 7) is 4.92. The number of aliphatic carboxylic acids is 1. The Hall–Kier alpha value is -2.10. The Labute approximate surface area is 156 Å². The standard InChI is InChI=1S/C16H27N3O6S/c1-9(2)6-11(8-26-10(3)20)15(23)18-7-14(22)19-12(16(24)25)4-5-13(17)21/h9,11-12H,4-8H2,1-3H3,(H2,17,21)(H,18,23)(H,19,22)(H,24,25)/t11?,12-/m0/s1. The number of rotatable bonds is 12. The van der Waals surface area contributed by atoms with E-state index in [2.05, 4.69) is 10.6 Å². The van der Waals surface area contributed by atoms with Crippen LogP contribution in [-0.4, -0.2) is 52.3 Å². The second-order valence-electron chi connectivity index (χ2n) is 6.31. The van der Waals surface area contributed by atoms with E-state index in [0.29, 0.717) is 12.2 Å².